The Bertz CT molecular complexity index is 1500. The van der Waals surface area contributed by atoms with Crippen molar-refractivity contribution in [1.82, 2.24) is 0 Å². The average Bonchev–Trinajstić information content (AvgIpc) is 3.34. The number of para-hydroxylation sites is 1. The predicted octanol–water partition coefficient (Wildman–Crippen LogP) is 4.36. The van der Waals surface area contributed by atoms with Crippen LogP contribution in [0.25, 0.3) is 11.0 Å². The first-order chi connectivity index (χ1) is 18.0. The van der Waals surface area contributed by atoms with Crippen LogP contribution in [0.3, 0.4) is 0 Å². The van der Waals surface area contributed by atoms with Crippen LogP contribution < -0.4 is 34.6 Å². The number of ether oxygens (including phenoxy) is 5. The number of fused-ring (bicyclic) bond motifs is 3. The van der Waals surface area contributed by atoms with E-state index in [9.17, 15) is 9.59 Å². The maximum absolute atomic E-state index is 13.6. The largest absolute Gasteiger partial charge is 0.497 e. The van der Waals surface area contributed by atoms with Crippen molar-refractivity contribution in [2.75, 3.05) is 33.8 Å². The topological polar surface area (TPSA) is 105 Å². The van der Waals surface area contributed by atoms with E-state index in [1.54, 1.807) is 61.7 Å². The number of nitrogens with one attached hydrogen (secondary N) is 1. The molecule has 1 aromatic heterocycles. The molecule has 1 amide bonds. The number of hydrogen-bond donors (Lipinski definition) is 1. The molecule has 0 saturated heterocycles. The molecular formula is C28H25NO8. The molecule has 37 heavy (non-hydrogen) atoms. The van der Waals surface area contributed by atoms with Crippen molar-refractivity contribution >= 4 is 22.6 Å². The number of hydrogen-bond acceptors (Lipinski definition) is 8. The van der Waals surface area contributed by atoms with Crippen molar-refractivity contribution in [1.29, 1.82) is 0 Å². The normalized spacial score (nSPS) is 16.0. The molecule has 0 aliphatic carbocycles. The smallest absolute Gasteiger partial charge is 0.344 e. The molecule has 0 fully saturated rings. The predicted molar refractivity (Wildman–Crippen MR) is 136 cm³/mol. The van der Waals surface area contributed by atoms with E-state index in [-0.39, 0.29) is 5.56 Å². The number of rotatable bonds is 7. The van der Waals surface area contributed by atoms with Crippen LogP contribution in [0.2, 0.25) is 0 Å². The highest BCUT2D eigenvalue weighted by Crippen LogP contribution is 2.48. The average molecular weight is 504 g/mol. The third-order valence-electron chi connectivity index (χ3n) is 6.32. The van der Waals surface area contributed by atoms with Crippen LogP contribution in [0.1, 0.15) is 17.0 Å². The van der Waals surface area contributed by atoms with E-state index >= 15 is 0 Å². The Morgan fingerprint density at radius 1 is 0.865 bits per heavy atom. The first-order valence-corrected chi connectivity index (χ1v) is 11.5. The molecule has 0 bridgehead atoms. The first-order valence-electron chi connectivity index (χ1n) is 11.5. The second-order valence-corrected chi connectivity index (χ2v) is 8.32. The van der Waals surface area contributed by atoms with Crippen LogP contribution in [0.15, 0.2) is 69.9 Å². The van der Waals surface area contributed by atoms with Gasteiger partial charge in [0, 0.05) is 5.69 Å². The van der Waals surface area contributed by atoms with Crippen LogP contribution in [-0.4, -0.2) is 40.5 Å². The van der Waals surface area contributed by atoms with Gasteiger partial charge in [-0.05, 0) is 54.1 Å². The van der Waals surface area contributed by atoms with Crippen LogP contribution >= 0.6 is 0 Å². The van der Waals surface area contributed by atoms with Crippen molar-refractivity contribution in [3.05, 3.63) is 82.2 Å². The third-order valence-corrected chi connectivity index (χ3v) is 6.32. The number of carbonyl (C=O) groups is 1. The third kappa shape index (κ3) is 4.18. The van der Waals surface area contributed by atoms with Crippen molar-refractivity contribution in [3.8, 4) is 28.7 Å². The highest BCUT2D eigenvalue weighted by atomic mass is 16.5. The van der Waals surface area contributed by atoms with Gasteiger partial charge in [-0.2, -0.15) is 0 Å². The minimum Gasteiger partial charge on any atom is -0.497 e. The molecule has 3 aromatic carbocycles. The van der Waals surface area contributed by atoms with E-state index in [0.717, 1.165) is 0 Å². The summed E-state index contributed by atoms with van der Waals surface area (Å²) >= 11 is 0. The molecule has 190 valence electrons. The molecule has 4 aromatic rings. The second-order valence-electron chi connectivity index (χ2n) is 8.32. The fraction of sp³-hybridized carbons (Fsp3) is 0.214. The standard InChI is InChI=1S/C28H25NO8/c1-32-17-11-9-16(10-12-17)29-27(30)26-22(15-13-20(33-2)25(35-4)21(14-15)34-3)23-24(37-26)18-7-5-6-8-19(18)36-28(23)31/h5-14,22,26H,1-4H3,(H,29,30)/t22-,26+/m0/s1. The minimum absolute atomic E-state index is 0.239. The molecule has 9 heteroatoms. The quantitative estimate of drug-likeness (QED) is 0.371. The number of anilines is 1. The highest BCUT2D eigenvalue weighted by Gasteiger charge is 2.45. The molecule has 2 heterocycles. The van der Waals surface area contributed by atoms with E-state index < -0.39 is 23.6 Å². The Morgan fingerprint density at radius 3 is 2.16 bits per heavy atom. The number of amides is 1. The van der Waals surface area contributed by atoms with Crippen molar-refractivity contribution < 1.29 is 32.9 Å². The molecule has 9 nitrogen and oxygen atoms in total. The van der Waals surface area contributed by atoms with E-state index in [1.165, 1.54) is 21.3 Å². The summed E-state index contributed by atoms with van der Waals surface area (Å²) in [6, 6.07) is 17.3. The molecule has 2 atom stereocenters. The van der Waals surface area contributed by atoms with E-state index in [2.05, 4.69) is 5.32 Å². The van der Waals surface area contributed by atoms with Gasteiger partial charge in [-0.3, -0.25) is 4.79 Å². The summed E-state index contributed by atoms with van der Waals surface area (Å²) in [5.41, 5.74) is 1.12. The molecule has 0 saturated carbocycles. The van der Waals surface area contributed by atoms with Gasteiger partial charge in [0.15, 0.2) is 17.6 Å². The summed E-state index contributed by atoms with van der Waals surface area (Å²) in [7, 11) is 6.06. The summed E-state index contributed by atoms with van der Waals surface area (Å²) in [5, 5.41) is 3.47. The van der Waals surface area contributed by atoms with Crippen LogP contribution in [-0.2, 0) is 4.79 Å². The van der Waals surface area contributed by atoms with Gasteiger partial charge in [-0.1, -0.05) is 12.1 Å². The van der Waals surface area contributed by atoms with E-state index in [4.69, 9.17) is 28.1 Å². The zero-order chi connectivity index (χ0) is 26.1. The summed E-state index contributed by atoms with van der Waals surface area (Å²) in [6.07, 6.45) is -1.09. The SMILES string of the molecule is COc1ccc(NC(=O)[C@@H]2Oc3c(c(=O)oc4ccccc34)[C@@H]2c2cc(OC)c(OC)c(OC)c2)cc1. The Balaban J connectivity index is 1.66. The number of carbonyl (C=O) groups excluding carboxylic acids is 1. The van der Waals surface area contributed by atoms with Gasteiger partial charge in [-0.25, -0.2) is 4.79 Å². The van der Waals surface area contributed by atoms with Gasteiger partial charge in [0.05, 0.1) is 45.3 Å². The molecular weight excluding hydrogens is 478 g/mol. The van der Waals surface area contributed by atoms with Crippen molar-refractivity contribution in [2.45, 2.75) is 12.0 Å². The lowest BCUT2D eigenvalue weighted by atomic mass is 9.87. The van der Waals surface area contributed by atoms with Gasteiger partial charge in [0.1, 0.15) is 17.1 Å². The fourth-order valence-electron chi connectivity index (χ4n) is 4.59. The second kappa shape index (κ2) is 9.77. The van der Waals surface area contributed by atoms with E-state index in [1.807, 2.05) is 6.07 Å². The van der Waals surface area contributed by atoms with Gasteiger partial charge >= 0.3 is 5.63 Å². The van der Waals surface area contributed by atoms with Crippen LogP contribution in [0.5, 0.6) is 28.7 Å². The molecule has 1 aliphatic heterocycles. The fourth-order valence-corrected chi connectivity index (χ4v) is 4.59. The number of benzene rings is 3. The lowest BCUT2D eigenvalue weighted by Gasteiger charge is -2.21. The van der Waals surface area contributed by atoms with Gasteiger partial charge in [0.25, 0.3) is 5.91 Å². The van der Waals surface area contributed by atoms with Crippen LogP contribution in [0, 0.1) is 0 Å². The van der Waals surface area contributed by atoms with Gasteiger partial charge in [-0.15, -0.1) is 0 Å². The lowest BCUT2D eigenvalue weighted by Crippen LogP contribution is -2.35. The Hall–Kier alpha value is -4.66. The monoisotopic (exact) mass is 503 g/mol. The maximum Gasteiger partial charge on any atom is 0.344 e. The van der Waals surface area contributed by atoms with Gasteiger partial charge < -0.3 is 33.4 Å². The molecule has 1 N–H and O–H groups in total. The number of methoxy groups -OCH3 is 4. The molecule has 0 unspecified atom stereocenters. The summed E-state index contributed by atoms with van der Waals surface area (Å²) in [5.74, 6) is 0.848. The summed E-state index contributed by atoms with van der Waals surface area (Å²) in [4.78, 5) is 26.9. The summed E-state index contributed by atoms with van der Waals surface area (Å²) < 4.78 is 33.5. The summed E-state index contributed by atoms with van der Waals surface area (Å²) in [6.45, 7) is 0. The van der Waals surface area contributed by atoms with Gasteiger partial charge in [0.2, 0.25) is 5.75 Å². The molecule has 0 spiro atoms. The zero-order valence-electron chi connectivity index (χ0n) is 20.7. The lowest BCUT2D eigenvalue weighted by molar-refractivity contribution is -0.122. The van der Waals surface area contributed by atoms with E-state index in [0.29, 0.717) is 51.0 Å². The van der Waals surface area contributed by atoms with Crippen molar-refractivity contribution in [2.24, 2.45) is 0 Å². The minimum atomic E-state index is -1.09. The van der Waals surface area contributed by atoms with Crippen molar-refractivity contribution in [3.63, 3.8) is 0 Å². The molecule has 0 radical (unpaired) electrons. The first kappa shape index (κ1) is 24.1. The Morgan fingerprint density at radius 2 is 1.54 bits per heavy atom. The Labute approximate surface area is 212 Å². The molecule has 1 aliphatic rings. The Kier molecular flexibility index (Phi) is 6.35. The molecule has 5 rings (SSSR count). The maximum atomic E-state index is 13.6. The zero-order valence-corrected chi connectivity index (χ0v) is 20.7. The van der Waals surface area contributed by atoms with Crippen LogP contribution in [0.4, 0.5) is 5.69 Å². The highest BCUT2D eigenvalue weighted by molar-refractivity contribution is 5.97.